The summed E-state index contributed by atoms with van der Waals surface area (Å²) in [6.45, 7) is 2.08. The van der Waals surface area contributed by atoms with E-state index in [4.69, 9.17) is 29.6 Å². The number of rotatable bonds is 3. The Labute approximate surface area is 131 Å². The largest absolute Gasteiger partial charge is 0.392 e. The van der Waals surface area contributed by atoms with E-state index in [1.807, 2.05) is 0 Å². The highest BCUT2D eigenvalue weighted by Gasteiger charge is 2.50. The first-order chi connectivity index (χ1) is 8.86. The topological polar surface area (TPSA) is 55.1 Å². The number of hydrogen-bond acceptors (Lipinski definition) is 2. The van der Waals surface area contributed by atoms with Crippen molar-refractivity contribution in [3.63, 3.8) is 0 Å². The number of amides is 1. The maximum atomic E-state index is 12.4. The Hall–Kier alpha value is -0.650. The summed E-state index contributed by atoms with van der Waals surface area (Å²) in [7, 11) is 0. The number of thiocarbonyl (C=S) groups is 1. The number of carbonyl (C=O) groups excluding carboxylic acids is 1. The molecule has 6 heteroatoms. The van der Waals surface area contributed by atoms with Crippen molar-refractivity contribution in [1.29, 1.82) is 0 Å². The summed E-state index contributed by atoms with van der Waals surface area (Å²) in [5.74, 6) is 0.316. The highest BCUT2D eigenvalue weighted by atomic mass is 79.9. The van der Waals surface area contributed by atoms with Crippen LogP contribution in [0.2, 0.25) is 5.02 Å². The maximum absolute atomic E-state index is 12.4. The first-order valence-corrected chi connectivity index (χ1v) is 7.50. The molecule has 0 aromatic heterocycles. The van der Waals surface area contributed by atoms with Gasteiger partial charge in [-0.15, -0.1) is 0 Å². The number of anilines is 1. The molecule has 3 N–H and O–H groups in total. The zero-order valence-corrected chi connectivity index (χ0v) is 13.5. The van der Waals surface area contributed by atoms with E-state index in [1.54, 1.807) is 18.2 Å². The summed E-state index contributed by atoms with van der Waals surface area (Å²) >= 11 is 14.4. The molecule has 0 spiro atoms. The van der Waals surface area contributed by atoms with Crippen molar-refractivity contribution in [3.8, 4) is 0 Å². The van der Waals surface area contributed by atoms with Gasteiger partial charge in [-0.25, -0.2) is 0 Å². The summed E-state index contributed by atoms with van der Waals surface area (Å²) in [6, 6.07) is 5.30. The molecule has 102 valence electrons. The average molecular weight is 362 g/mol. The lowest BCUT2D eigenvalue weighted by Gasteiger charge is -2.44. The number of nitrogens with two attached hydrogens (primary N) is 1. The van der Waals surface area contributed by atoms with Gasteiger partial charge in [-0.05, 0) is 46.8 Å². The quantitative estimate of drug-likeness (QED) is 0.806. The molecular formula is C13H14BrClN2OS. The van der Waals surface area contributed by atoms with Crippen LogP contribution in [0.5, 0.6) is 0 Å². The van der Waals surface area contributed by atoms with E-state index in [0.717, 1.165) is 0 Å². The number of hydrogen-bond donors (Lipinski definition) is 2. The molecule has 2 rings (SSSR count). The van der Waals surface area contributed by atoms with Crippen molar-refractivity contribution in [1.82, 2.24) is 0 Å². The van der Waals surface area contributed by atoms with Gasteiger partial charge in [-0.1, -0.05) is 36.8 Å². The zero-order valence-electron chi connectivity index (χ0n) is 10.4. The van der Waals surface area contributed by atoms with Gasteiger partial charge in [0.2, 0.25) is 5.91 Å². The highest BCUT2D eigenvalue weighted by molar-refractivity contribution is 9.10. The van der Waals surface area contributed by atoms with Crippen LogP contribution in [0.25, 0.3) is 0 Å². The van der Waals surface area contributed by atoms with Crippen LogP contribution in [0.15, 0.2) is 22.7 Å². The third kappa shape index (κ3) is 2.64. The molecule has 19 heavy (non-hydrogen) atoms. The lowest BCUT2D eigenvalue weighted by molar-refractivity contribution is -0.127. The Bertz CT molecular complexity index is 543. The molecule has 0 atom stereocenters. The fourth-order valence-corrected chi connectivity index (χ4v) is 3.27. The molecule has 0 heterocycles. The fourth-order valence-electron chi connectivity index (χ4n) is 2.47. The van der Waals surface area contributed by atoms with Crippen LogP contribution in [-0.2, 0) is 4.79 Å². The molecule has 1 amide bonds. The van der Waals surface area contributed by atoms with E-state index in [2.05, 4.69) is 28.2 Å². The molecule has 1 aliphatic rings. The van der Waals surface area contributed by atoms with E-state index in [1.165, 1.54) is 0 Å². The van der Waals surface area contributed by atoms with Crippen molar-refractivity contribution in [2.24, 2.45) is 17.1 Å². The van der Waals surface area contributed by atoms with Crippen molar-refractivity contribution in [2.45, 2.75) is 19.8 Å². The second-order valence-corrected chi connectivity index (χ2v) is 6.66. The highest BCUT2D eigenvalue weighted by Crippen LogP contribution is 2.47. The second kappa shape index (κ2) is 5.38. The Morgan fingerprint density at radius 1 is 1.58 bits per heavy atom. The first-order valence-electron chi connectivity index (χ1n) is 5.92. The normalized spacial score (nSPS) is 25.5. The molecule has 1 aliphatic carbocycles. The zero-order chi connectivity index (χ0) is 14.2. The molecule has 0 unspecified atom stereocenters. The Balaban J connectivity index is 2.21. The van der Waals surface area contributed by atoms with Crippen LogP contribution in [0.1, 0.15) is 19.8 Å². The molecule has 0 saturated heterocycles. The van der Waals surface area contributed by atoms with Crippen LogP contribution in [0.3, 0.4) is 0 Å². The molecular weight excluding hydrogens is 348 g/mol. The van der Waals surface area contributed by atoms with Gasteiger partial charge in [0.1, 0.15) is 0 Å². The minimum atomic E-state index is -0.712. The summed E-state index contributed by atoms with van der Waals surface area (Å²) in [5, 5.41) is 3.40. The number of nitrogens with one attached hydrogen (secondary N) is 1. The van der Waals surface area contributed by atoms with Crippen LogP contribution in [0.4, 0.5) is 5.69 Å². The number of halogens is 2. The first kappa shape index (κ1) is 14.8. The molecule has 0 aliphatic heterocycles. The minimum Gasteiger partial charge on any atom is -0.392 e. The molecule has 1 aromatic rings. The van der Waals surface area contributed by atoms with Crippen molar-refractivity contribution in [2.75, 3.05) is 5.32 Å². The van der Waals surface area contributed by atoms with Crippen LogP contribution >= 0.6 is 39.7 Å². The molecule has 0 bridgehead atoms. The van der Waals surface area contributed by atoms with Gasteiger partial charge in [0.25, 0.3) is 0 Å². The molecule has 1 fully saturated rings. The van der Waals surface area contributed by atoms with E-state index in [9.17, 15) is 4.79 Å². The van der Waals surface area contributed by atoms with Gasteiger partial charge in [0, 0.05) is 0 Å². The maximum Gasteiger partial charge on any atom is 0.237 e. The summed E-state index contributed by atoms with van der Waals surface area (Å²) < 4.78 is 0.662. The SMILES string of the molecule is CC1CC(C(=O)Nc2cccc(Cl)c2Br)(C(N)=S)C1. The number of benzene rings is 1. The van der Waals surface area contributed by atoms with Gasteiger partial charge in [-0.2, -0.15) is 0 Å². The van der Waals surface area contributed by atoms with Crippen LogP contribution < -0.4 is 11.1 Å². The van der Waals surface area contributed by atoms with E-state index >= 15 is 0 Å². The molecule has 3 nitrogen and oxygen atoms in total. The predicted octanol–water partition coefficient (Wildman–Crippen LogP) is 3.74. The second-order valence-electron chi connectivity index (χ2n) is 5.02. The van der Waals surface area contributed by atoms with Gasteiger partial charge in [-0.3, -0.25) is 4.79 Å². The lowest BCUT2D eigenvalue weighted by atomic mass is 9.62. The van der Waals surface area contributed by atoms with Crippen LogP contribution in [-0.4, -0.2) is 10.9 Å². The third-order valence-electron chi connectivity index (χ3n) is 3.50. The van der Waals surface area contributed by atoms with Crippen molar-refractivity contribution < 1.29 is 4.79 Å². The van der Waals surface area contributed by atoms with E-state index in [0.29, 0.717) is 33.9 Å². The molecule has 0 radical (unpaired) electrons. The molecule has 1 aromatic carbocycles. The van der Waals surface area contributed by atoms with Gasteiger partial charge in [0.15, 0.2) is 0 Å². The Morgan fingerprint density at radius 3 is 2.74 bits per heavy atom. The third-order valence-corrected chi connectivity index (χ3v) is 5.29. The Morgan fingerprint density at radius 2 is 2.21 bits per heavy atom. The van der Waals surface area contributed by atoms with Crippen molar-refractivity contribution in [3.05, 3.63) is 27.7 Å². The van der Waals surface area contributed by atoms with Gasteiger partial charge in [0.05, 0.1) is 25.6 Å². The molecule has 1 saturated carbocycles. The van der Waals surface area contributed by atoms with Gasteiger partial charge >= 0.3 is 0 Å². The van der Waals surface area contributed by atoms with E-state index < -0.39 is 5.41 Å². The van der Waals surface area contributed by atoms with Gasteiger partial charge < -0.3 is 11.1 Å². The minimum absolute atomic E-state index is 0.152. The standard InChI is InChI=1S/C13H14BrClN2OS/c1-7-5-13(6-7,11(16)19)12(18)17-9-4-2-3-8(15)10(9)14/h2-4,7H,5-6H2,1H3,(H2,16,19)(H,17,18). The predicted molar refractivity (Wildman–Crippen MR) is 85.4 cm³/mol. The lowest BCUT2D eigenvalue weighted by Crippen LogP contribution is -2.53. The smallest absolute Gasteiger partial charge is 0.237 e. The Kier molecular flexibility index (Phi) is 4.18. The average Bonchev–Trinajstić information content (AvgIpc) is 2.30. The van der Waals surface area contributed by atoms with E-state index in [-0.39, 0.29) is 10.9 Å². The summed E-state index contributed by atoms with van der Waals surface area (Å²) in [5.41, 5.74) is 5.67. The number of carbonyl (C=O) groups is 1. The monoisotopic (exact) mass is 360 g/mol. The summed E-state index contributed by atoms with van der Waals surface area (Å²) in [6.07, 6.45) is 1.40. The van der Waals surface area contributed by atoms with Crippen molar-refractivity contribution >= 4 is 56.3 Å². The van der Waals surface area contributed by atoms with Crippen LogP contribution in [0, 0.1) is 11.3 Å². The summed E-state index contributed by atoms with van der Waals surface area (Å²) in [4.78, 5) is 12.7. The fraction of sp³-hybridized carbons (Fsp3) is 0.385.